The number of nitrogens with one attached hydrogen (secondary N) is 1. The zero-order valence-electron chi connectivity index (χ0n) is 11.5. The lowest BCUT2D eigenvalue weighted by Crippen LogP contribution is -2.48. The summed E-state index contributed by atoms with van der Waals surface area (Å²) in [5, 5.41) is 11.7. The quantitative estimate of drug-likeness (QED) is 0.814. The average Bonchev–Trinajstić information content (AvgIpc) is 2.57. The molecule has 1 fully saturated rings. The summed E-state index contributed by atoms with van der Waals surface area (Å²) in [4.78, 5) is 22.9. The standard InChI is InChI=1S/C13H23NO4/c1-8-6-5-7-9(8)10(11(15)16)14-12(17)18-13(2,3)4/h8-10H,5-7H2,1-4H3,(H,14,17)(H,15,16). The van der Waals surface area contributed by atoms with Crippen molar-refractivity contribution in [1.82, 2.24) is 5.32 Å². The van der Waals surface area contributed by atoms with Crippen molar-refractivity contribution in [3.8, 4) is 0 Å². The van der Waals surface area contributed by atoms with Gasteiger partial charge in [-0.3, -0.25) is 0 Å². The van der Waals surface area contributed by atoms with Gasteiger partial charge in [0.25, 0.3) is 0 Å². The first-order chi connectivity index (χ1) is 8.20. The Hall–Kier alpha value is -1.26. The van der Waals surface area contributed by atoms with Crippen molar-refractivity contribution < 1.29 is 19.4 Å². The Morgan fingerprint density at radius 2 is 1.94 bits per heavy atom. The molecule has 1 saturated carbocycles. The topological polar surface area (TPSA) is 75.6 Å². The molecule has 104 valence electrons. The molecule has 1 rings (SSSR count). The molecule has 0 bridgehead atoms. The van der Waals surface area contributed by atoms with Crippen LogP contribution in [0.4, 0.5) is 4.79 Å². The second-order valence-corrected chi connectivity index (χ2v) is 6.03. The third kappa shape index (κ3) is 4.20. The van der Waals surface area contributed by atoms with Gasteiger partial charge < -0.3 is 15.2 Å². The molecular weight excluding hydrogens is 234 g/mol. The van der Waals surface area contributed by atoms with E-state index in [-0.39, 0.29) is 5.92 Å². The molecule has 1 amide bonds. The summed E-state index contributed by atoms with van der Waals surface area (Å²) in [5.41, 5.74) is -0.617. The molecule has 5 heteroatoms. The summed E-state index contributed by atoms with van der Waals surface area (Å²) in [6, 6.07) is -0.850. The van der Waals surface area contributed by atoms with Crippen LogP contribution in [0.1, 0.15) is 47.0 Å². The highest BCUT2D eigenvalue weighted by Crippen LogP contribution is 2.33. The van der Waals surface area contributed by atoms with Gasteiger partial charge in [-0.05, 0) is 39.0 Å². The molecule has 0 spiro atoms. The molecular formula is C13H23NO4. The Bertz CT molecular complexity index is 321. The van der Waals surface area contributed by atoms with Crippen LogP contribution in [-0.2, 0) is 9.53 Å². The lowest BCUT2D eigenvalue weighted by molar-refractivity contribution is -0.141. The van der Waals surface area contributed by atoms with Crippen molar-refractivity contribution in [2.24, 2.45) is 11.8 Å². The number of rotatable bonds is 3. The highest BCUT2D eigenvalue weighted by molar-refractivity contribution is 5.80. The number of ether oxygens (including phenoxy) is 1. The van der Waals surface area contributed by atoms with Crippen LogP contribution < -0.4 is 5.32 Å². The van der Waals surface area contributed by atoms with E-state index < -0.39 is 23.7 Å². The molecule has 3 unspecified atom stereocenters. The van der Waals surface area contributed by atoms with Crippen LogP contribution >= 0.6 is 0 Å². The molecule has 2 N–H and O–H groups in total. The summed E-state index contributed by atoms with van der Waals surface area (Å²) < 4.78 is 5.10. The minimum atomic E-state index is -0.986. The van der Waals surface area contributed by atoms with Crippen molar-refractivity contribution in [2.75, 3.05) is 0 Å². The second-order valence-electron chi connectivity index (χ2n) is 6.03. The third-order valence-electron chi connectivity index (χ3n) is 3.29. The molecule has 0 aliphatic heterocycles. The summed E-state index contributed by atoms with van der Waals surface area (Å²) in [6.07, 6.45) is 2.22. The molecule has 0 saturated heterocycles. The van der Waals surface area contributed by atoms with E-state index in [1.807, 2.05) is 6.92 Å². The van der Waals surface area contributed by atoms with Gasteiger partial charge in [0.2, 0.25) is 0 Å². The Balaban J connectivity index is 2.64. The van der Waals surface area contributed by atoms with Gasteiger partial charge in [0, 0.05) is 0 Å². The van der Waals surface area contributed by atoms with Crippen molar-refractivity contribution >= 4 is 12.1 Å². The number of amides is 1. The van der Waals surface area contributed by atoms with E-state index in [1.54, 1.807) is 20.8 Å². The van der Waals surface area contributed by atoms with E-state index in [2.05, 4.69) is 5.32 Å². The van der Waals surface area contributed by atoms with Gasteiger partial charge in [-0.1, -0.05) is 19.8 Å². The third-order valence-corrected chi connectivity index (χ3v) is 3.29. The molecule has 1 aliphatic carbocycles. The average molecular weight is 257 g/mol. The van der Waals surface area contributed by atoms with Gasteiger partial charge in [0.1, 0.15) is 11.6 Å². The fraction of sp³-hybridized carbons (Fsp3) is 0.846. The van der Waals surface area contributed by atoms with Gasteiger partial charge in [-0.2, -0.15) is 0 Å². The predicted molar refractivity (Wildman–Crippen MR) is 67.3 cm³/mol. The largest absolute Gasteiger partial charge is 0.480 e. The molecule has 0 aromatic rings. The summed E-state index contributed by atoms with van der Waals surface area (Å²) in [6.45, 7) is 7.28. The molecule has 0 aromatic heterocycles. The lowest BCUT2D eigenvalue weighted by Gasteiger charge is -2.26. The van der Waals surface area contributed by atoms with Gasteiger partial charge >= 0.3 is 12.1 Å². The first kappa shape index (κ1) is 14.8. The first-order valence-electron chi connectivity index (χ1n) is 6.43. The molecule has 1 aliphatic rings. The lowest BCUT2D eigenvalue weighted by atomic mass is 9.90. The Morgan fingerprint density at radius 3 is 2.33 bits per heavy atom. The Labute approximate surface area is 108 Å². The zero-order chi connectivity index (χ0) is 13.9. The van der Waals surface area contributed by atoms with Gasteiger partial charge in [0.05, 0.1) is 0 Å². The Kier molecular flexibility index (Phi) is 4.59. The minimum absolute atomic E-state index is 0.00461. The number of hydrogen-bond donors (Lipinski definition) is 2. The van der Waals surface area contributed by atoms with E-state index in [0.717, 1.165) is 19.3 Å². The minimum Gasteiger partial charge on any atom is -0.480 e. The highest BCUT2D eigenvalue weighted by Gasteiger charge is 2.37. The number of aliphatic carboxylic acids is 1. The van der Waals surface area contributed by atoms with Crippen LogP contribution in [0.15, 0.2) is 0 Å². The Morgan fingerprint density at radius 1 is 1.33 bits per heavy atom. The van der Waals surface area contributed by atoms with E-state index in [4.69, 9.17) is 4.74 Å². The molecule has 0 heterocycles. The van der Waals surface area contributed by atoms with Crippen molar-refractivity contribution in [3.63, 3.8) is 0 Å². The molecule has 0 aromatic carbocycles. The van der Waals surface area contributed by atoms with E-state index in [1.165, 1.54) is 0 Å². The van der Waals surface area contributed by atoms with Crippen LogP contribution in [0.5, 0.6) is 0 Å². The second kappa shape index (κ2) is 5.59. The normalized spacial score (nSPS) is 25.6. The van der Waals surface area contributed by atoms with Gasteiger partial charge in [0.15, 0.2) is 0 Å². The summed E-state index contributed by atoms with van der Waals surface area (Å²) >= 11 is 0. The fourth-order valence-corrected chi connectivity index (χ4v) is 2.46. The maximum Gasteiger partial charge on any atom is 0.408 e. The number of carbonyl (C=O) groups is 2. The molecule has 3 atom stereocenters. The van der Waals surface area contributed by atoms with E-state index in [9.17, 15) is 14.7 Å². The SMILES string of the molecule is CC1CCCC1C(NC(=O)OC(C)(C)C)C(=O)O. The van der Waals surface area contributed by atoms with Gasteiger partial charge in [-0.25, -0.2) is 9.59 Å². The number of hydrogen-bond acceptors (Lipinski definition) is 3. The van der Waals surface area contributed by atoms with Crippen LogP contribution in [0.25, 0.3) is 0 Å². The van der Waals surface area contributed by atoms with Crippen molar-refractivity contribution in [2.45, 2.75) is 58.6 Å². The van der Waals surface area contributed by atoms with Gasteiger partial charge in [-0.15, -0.1) is 0 Å². The smallest absolute Gasteiger partial charge is 0.408 e. The van der Waals surface area contributed by atoms with E-state index >= 15 is 0 Å². The van der Waals surface area contributed by atoms with Crippen molar-refractivity contribution in [3.05, 3.63) is 0 Å². The number of carboxylic acid groups (broad SMARTS) is 1. The number of carboxylic acids is 1. The monoisotopic (exact) mass is 257 g/mol. The van der Waals surface area contributed by atoms with Crippen LogP contribution in [0, 0.1) is 11.8 Å². The first-order valence-corrected chi connectivity index (χ1v) is 6.43. The maximum absolute atomic E-state index is 11.6. The number of carbonyl (C=O) groups excluding carboxylic acids is 1. The summed E-state index contributed by atoms with van der Waals surface area (Å²) in [5.74, 6) is -0.671. The fourth-order valence-electron chi connectivity index (χ4n) is 2.46. The molecule has 18 heavy (non-hydrogen) atoms. The van der Waals surface area contributed by atoms with Crippen molar-refractivity contribution in [1.29, 1.82) is 0 Å². The van der Waals surface area contributed by atoms with Crippen LogP contribution in [0.3, 0.4) is 0 Å². The zero-order valence-corrected chi connectivity index (χ0v) is 11.5. The predicted octanol–water partition coefficient (Wildman–Crippen LogP) is 2.40. The van der Waals surface area contributed by atoms with E-state index in [0.29, 0.717) is 5.92 Å². The summed E-state index contributed by atoms with van der Waals surface area (Å²) in [7, 11) is 0. The molecule has 5 nitrogen and oxygen atoms in total. The van der Waals surface area contributed by atoms with Crippen LogP contribution in [0.2, 0.25) is 0 Å². The number of alkyl carbamates (subject to hydrolysis) is 1. The molecule has 0 radical (unpaired) electrons. The maximum atomic E-state index is 11.6. The van der Waals surface area contributed by atoms with Crippen LogP contribution in [-0.4, -0.2) is 28.8 Å². The highest BCUT2D eigenvalue weighted by atomic mass is 16.6.